The van der Waals surface area contributed by atoms with Crippen molar-refractivity contribution < 1.29 is 5.11 Å². The maximum absolute atomic E-state index is 12.8. The molecule has 0 fully saturated rings. The standard InChI is InChI=1S/C31H29ClO/c1-20(2)22-14-16-29-25(18-22)13-12-24-17-21(3)11-15-28(24)31(29,33)30-10-5-4-9-27(30)23-7-6-8-26(32)19-23/h4-11,14-20,33H,12-13H2,1-3H3. The minimum atomic E-state index is -1.26. The van der Waals surface area contributed by atoms with Crippen LogP contribution in [-0.2, 0) is 18.4 Å². The zero-order chi connectivity index (χ0) is 23.2. The van der Waals surface area contributed by atoms with Gasteiger partial charge in [-0.15, -0.1) is 0 Å². The summed E-state index contributed by atoms with van der Waals surface area (Å²) in [5.41, 5.74) is 8.53. The van der Waals surface area contributed by atoms with E-state index in [2.05, 4.69) is 75.4 Å². The average molecular weight is 453 g/mol. The average Bonchev–Trinajstić information content (AvgIpc) is 2.93. The number of aryl methyl sites for hydroxylation is 3. The third kappa shape index (κ3) is 3.80. The van der Waals surface area contributed by atoms with Crippen LogP contribution in [0.4, 0.5) is 0 Å². The predicted octanol–water partition coefficient (Wildman–Crippen LogP) is 7.82. The number of hydrogen-bond acceptors (Lipinski definition) is 1. The molecule has 0 radical (unpaired) electrons. The van der Waals surface area contributed by atoms with Crippen molar-refractivity contribution in [1.82, 2.24) is 0 Å². The highest BCUT2D eigenvalue weighted by atomic mass is 35.5. The fourth-order valence-corrected chi connectivity index (χ4v) is 5.42. The Bertz CT molecular complexity index is 1340. The summed E-state index contributed by atoms with van der Waals surface area (Å²) in [6.07, 6.45) is 1.82. The number of rotatable bonds is 3. The van der Waals surface area contributed by atoms with Crippen LogP contribution in [0.5, 0.6) is 0 Å². The van der Waals surface area contributed by atoms with Crippen LogP contribution in [0.25, 0.3) is 11.1 Å². The Morgan fingerprint density at radius 3 is 2.18 bits per heavy atom. The fraction of sp³-hybridized carbons (Fsp3) is 0.226. The van der Waals surface area contributed by atoms with Crippen LogP contribution in [0, 0.1) is 6.92 Å². The lowest BCUT2D eigenvalue weighted by atomic mass is 9.75. The largest absolute Gasteiger partial charge is 0.376 e. The maximum atomic E-state index is 12.8. The van der Waals surface area contributed by atoms with E-state index < -0.39 is 5.60 Å². The number of fused-ring (bicyclic) bond motifs is 2. The Kier molecular flexibility index (Phi) is 5.64. The summed E-state index contributed by atoms with van der Waals surface area (Å²) in [6.45, 7) is 6.56. The van der Waals surface area contributed by atoms with Crippen molar-refractivity contribution >= 4 is 11.6 Å². The minimum absolute atomic E-state index is 0.440. The molecule has 1 atom stereocenters. The van der Waals surface area contributed by atoms with Gasteiger partial charge in [-0.2, -0.15) is 0 Å². The Morgan fingerprint density at radius 1 is 0.758 bits per heavy atom. The monoisotopic (exact) mass is 452 g/mol. The molecule has 1 unspecified atom stereocenters. The number of halogens is 1. The predicted molar refractivity (Wildman–Crippen MR) is 138 cm³/mol. The van der Waals surface area contributed by atoms with Gasteiger partial charge in [-0.3, -0.25) is 0 Å². The molecule has 0 saturated heterocycles. The van der Waals surface area contributed by atoms with Crippen molar-refractivity contribution in [2.75, 3.05) is 0 Å². The molecule has 0 saturated carbocycles. The van der Waals surface area contributed by atoms with Crippen LogP contribution < -0.4 is 0 Å². The highest BCUT2D eigenvalue weighted by Crippen LogP contribution is 2.46. The summed E-state index contributed by atoms with van der Waals surface area (Å²) >= 11 is 6.36. The van der Waals surface area contributed by atoms with E-state index in [4.69, 9.17) is 11.6 Å². The van der Waals surface area contributed by atoms with Gasteiger partial charge in [-0.25, -0.2) is 0 Å². The molecular formula is C31H29ClO. The Morgan fingerprint density at radius 2 is 1.45 bits per heavy atom. The van der Waals surface area contributed by atoms with Crippen LogP contribution in [0.15, 0.2) is 84.9 Å². The Balaban J connectivity index is 1.84. The second-order valence-electron chi connectivity index (χ2n) is 9.50. The molecule has 4 aromatic rings. The van der Waals surface area contributed by atoms with E-state index in [1.54, 1.807) is 0 Å². The third-order valence-electron chi connectivity index (χ3n) is 6.95. The van der Waals surface area contributed by atoms with Crippen molar-refractivity contribution in [3.8, 4) is 11.1 Å². The van der Waals surface area contributed by atoms with E-state index in [9.17, 15) is 5.11 Å². The van der Waals surface area contributed by atoms with Gasteiger partial charge in [-0.05, 0) is 76.8 Å². The maximum Gasteiger partial charge on any atom is 0.141 e. The molecule has 0 amide bonds. The van der Waals surface area contributed by atoms with Crippen molar-refractivity contribution in [3.63, 3.8) is 0 Å². The van der Waals surface area contributed by atoms with Crippen LogP contribution in [0.2, 0.25) is 5.02 Å². The normalized spacial score (nSPS) is 17.4. The molecule has 33 heavy (non-hydrogen) atoms. The summed E-state index contributed by atoms with van der Waals surface area (Å²) in [5, 5.41) is 13.5. The molecule has 0 heterocycles. The Labute approximate surface area is 201 Å². The number of aliphatic hydroxyl groups is 1. The smallest absolute Gasteiger partial charge is 0.141 e. The lowest BCUT2D eigenvalue weighted by Gasteiger charge is -2.34. The molecule has 0 aliphatic heterocycles. The van der Waals surface area contributed by atoms with Crippen LogP contribution in [-0.4, -0.2) is 5.11 Å². The topological polar surface area (TPSA) is 20.2 Å². The summed E-state index contributed by atoms with van der Waals surface area (Å²) in [5.74, 6) is 0.440. The van der Waals surface area contributed by atoms with Crippen LogP contribution in [0.1, 0.15) is 58.7 Å². The van der Waals surface area contributed by atoms with Gasteiger partial charge in [-0.1, -0.05) is 104 Å². The second kappa shape index (κ2) is 8.48. The van der Waals surface area contributed by atoms with E-state index in [0.29, 0.717) is 10.9 Å². The van der Waals surface area contributed by atoms with E-state index >= 15 is 0 Å². The van der Waals surface area contributed by atoms with Gasteiger partial charge in [0.05, 0.1) is 0 Å². The van der Waals surface area contributed by atoms with Gasteiger partial charge in [0, 0.05) is 10.6 Å². The van der Waals surface area contributed by atoms with Crippen molar-refractivity contribution in [1.29, 1.82) is 0 Å². The molecule has 1 aliphatic carbocycles. The zero-order valence-corrected chi connectivity index (χ0v) is 20.2. The van der Waals surface area contributed by atoms with Gasteiger partial charge in [0.25, 0.3) is 0 Å². The molecular weight excluding hydrogens is 424 g/mol. The molecule has 1 aliphatic rings. The zero-order valence-electron chi connectivity index (χ0n) is 19.4. The lowest BCUT2D eigenvalue weighted by Crippen LogP contribution is -2.31. The van der Waals surface area contributed by atoms with Gasteiger partial charge in [0.1, 0.15) is 5.60 Å². The van der Waals surface area contributed by atoms with Gasteiger partial charge >= 0.3 is 0 Å². The Hall–Kier alpha value is -2.87. The highest BCUT2D eigenvalue weighted by Gasteiger charge is 2.40. The van der Waals surface area contributed by atoms with Crippen molar-refractivity contribution in [2.24, 2.45) is 0 Å². The summed E-state index contributed by atoms with van der Waals surface area (Å²) in [7, 11) is 0. The number of benzene rings is 4. The van der Waals surface area contributed by atoms with E-state index in [0.717, 1.165) is 40.7 Å². The molecule has 2 heteroatoms. The first kappa shape index (κ1) is 21.9. The lowest BCUT2D eigenvalue weighted by molar-refractivity contribution is 0.125. The second-order valence-corrected chi connectivity index (χ2v) is 9.93. The molecule has 0 spiro atoms. The first-order chi connectivity index (χ1) is 15.9. The highest BCUT2D eigenvalue weighted by molar-refractivity contribution is 6.30. The van der Waals surface area contributed by atoms with Gasteiger partial charge in [0.15, 0.2) is 0 Å². The van der Waals surface area contributed by atoms with E-state index in [1.807, 2.05) is 30.3 Å². The van der Waals surface area contributed by atoms with Crippen molar-refractivity contribution in [2.45, 2.75) is 45.1 Å². The van der Waals surface area contributed by atoms with Gasteiger partial charge in [0.2, 0.25) is 0 Å². The quantitative estimate of drug-likeness (QED) is 0.336. The molecule has 5 rings (SSSR count). The molecule has 1 N–H and O–H groups in total. The first-order valence-electron chi connectivity index (χ1n) is 11.7. The summed E-state index contributed by atoms with van der Waals surface area (Å²) in [4.78, 5) is 0. The summed E-state index contributed by atoms with van der Waals surface area (Å²) < 4.78 is 0. The van der Waals surface area contributed by atoms with Crippen molar-refractivity contribution in [3.05, 3.63) is 129 Å². The fourth-order valence-electron chi connectivity index (χ4n) is 5.23. The van der Waals surface area contributed by atoms with E-state index in [-0.39, 0.29) is 0 Å². The first-order valence-corrected chi connectivity index (χ1v) is 12.1. The van der Waals surface area contributed by atoms with Crippen LogP contribution in [0.3, 0.4) is 0 Å². The molecule has 0 bridgehead atoms. The SMILES string of the molecule is Cc1ccc2c(c1)CCc1cc(C(C)C)ccc1C2(O)c1ccccc1-c1cccc(Cl)c1. The number of hydrogen-bond donors (Lipinski definition) is 1. The minimum Gasteiger partial charge on any atom is -0.376 e. The molecule has 0 aromatic heterocycles. The summed E-state index contributed by atoms with van der Waals surface area (Å²) in [6, 6.07) is 29.1. The molecule has 1 nitrogen and oxygen atoms in total. The molecule has 166 valence electrons. The van der Waals surface area contributed by atoms with Crippen LogP contribution >= 0.6 is 11.6 Å². The third-order valence-corrected chi connectivity index (χ3v) is 7.19. The van der Waals surface area contributed by atoms with E-state index in [1.165, 1.54) is 22.3 Å². The van der Waals surface area contributed by atoms with Gasteiger partial charge < -0.3 is 5.11 Å². The molecule has 4 aromatic carbocycles.